The fourth-order valence-electron chi connectivity index (χ4n) is 0.872. The molecule has 0 spiro atoms. The highest BCUT2D eigenvalue weighted by Gasteiger charge is 1.92. The summed E-state index contributed by atoms with van der Waals surface area (Å²) in [5.74, 6) is 0. The van der Waals surface area contributed by atoms with Crippen LogP contribution in [0, 0.1) is 0 Å². The molecular weight excluding hydrogens is 152 g/mol. The van der Waals surface area contributed by atoms with Gasteiger partial charge in [-0.25, -0.2) is 0 Å². The zero-order chi connectivity index (χ0) is 9.23. The Labute approximate surface area is 75.1 Å². The molecule has 0 amide bonds. The van der Waals surface area contributed by atoms with E-state index in [1.54, 1.807) is 0 Å². The van der Waals surface area contributed by atoms with Crippen molar-refractivity contribution < 1.29 is 0 Å². The van der Waals surface area contributed by atoms with Gasteiger partial charge < -0.3 is 22.1 Å². The normalized spacial score (nSPS) is 11.0. The summed E-state index contributed by atoms with van der Waals surface area (Å²) in [5, 5.41) is 6.55. The Balaban J connectivity index is 2.82. The van der Waals surface area contributed by atoms with Crippen molar-refractivity contribution in [3.8, 4) is 0 Å². The third kappa shape index (κ3) is 9.84. The highest BCUT2D eigenvalue weighted by molar-refractivity contribution is 4.56. The van der Waals surface area contributed by atoms with Gasteiger partial charge in [0.15, 0.2) is 0 Å². The molecule has 0 atom stereocenters. The molecule has 0 heterocycles. The molecule has 0 saturated heterocycles. The first-order chi connectivity index (χ1) is 5.77. The van der Waals surface area contributed by atoms with E-state index in [9.17, 15) is 0 Å². The molecule has 12 heavy (non-hydrogen) atoms. The van der Waals surface area contributed by atoms with E-state index in [4.69, 9.17) is 11.5 Å². The Morgan fingerprint density at radius 1 is 1.00 bits per heavy atom. The molecule has 0 radical (unpaired) electrons. The molecule has 0 rings (SSSR count). The SMILES string of the molecule is CCCNCCNCCC(N)N. The molecule has 6 N–H and O–H groups in total. The molecule has 0 bridgehead atoms. The van der Waals surface area contributed by atoms with Crippen LogP contribution in [0.3, 0.4) is 0 Å². The Kier molecular flexibility index (Phi) is 8.81. The van der Waals surface area contributed by atoms with Crippen LogP contribution < -0.4 is 22.1 Å². The van der Waals surface area contributed by atoms with Gasteiger partial charge in [-0.1, -0.05) is 6.92 Å². The molecule has 0 aliphatic heterocycles. The maximum atomic E-state index is 5.38. The molecule has 0 fully saturated rings. The summed E-state index contributed by atoms with van der Waals surface area (Å²) in [5.41, 5.74) is 10.8. The number of nitrogens with two attached hydrogens (primary N) is 2. The van der Waals surface area contributed by atoms with Gasteiger partial charge >= 0.3 is 0 Å². The van der Waals surface area contributed by atoms with Gasteiger partial charge in [-0.15, -0.1) is 0 Å². The lowest BCUT2D eigenvalue weighted by Crippen LogP contribution is -2.35. The van der Waals surface area contributed by atoms with Gasteiger partial charge in [0.25, 0.3) is 0 Å². The minimum atomic E-state index is -0.180. The summed E-state index contributed by atoms with van der Waals surface area (Å²) < 4.78 is 0. The van der Waals surface area contributed by atoms with E-state index in [-0.39, 0.29) is 6.17 Å². The minimum absolute atomic E-state index is 0.180. The molecular formula is C8H22N4. The van der Waals surface area contributed by atoms with E-state index < -0.39 is 0 Å². The van der Waals surface area contributed by atoms with Gasteiger partial charge in [-0.05, 0) is 25.9 Å². The Morgan fingerprint density at radius 3 is 2.08 bits per heavy atom. The summed E-state index contributed by atoms with van der Waals surface area (Å²) in [6, 6.07) is 0. The zero-order valence-electron chi connectivity index (χ0n) is 7.97. The van der Waals surface area contributed by atoms with Crippen LogP contribution in [0.25, 0.3) is 0 Å². The van der Waals surface area contributed by atoms with Crippen molar-refractivity contribution >= 4 is 0 Å². The number of nitrogens with one attached hydrogen (secondary N) is 2. The van der Waals surface area contributed by atoms with E-state index in [1.807, 2.05) is 0 Å². The maximum Gasteiger partial charge on any atom is 0.0533 e. The standard InChI is InChI=1S/C8H22N4/c1-2-4-11-6-7-12-5-3-8(9)10/h8,11-12H,2-7,9-10H2,1H3. The van der Waals surface area contributed by atoms with E-state index >= 15 is 0 Å². The Bertz CT molecular complexity index is 85.1. The highest BCUT2D eigenvalue weighted by atomic mass is 14.9. The molecule has 0 aliphatic rings. The smallest absolute Gasteiger partial charge is 0.0533 e. The molecule has 0 aliphatic carbocycles. The number of hydrogen-bond acceptors (Lipinski definition) is 4. The molecule has 0 unspecified atom stereocenters. The molecule has 4 nitrogen and oxygen atoms in total. The van der Waals surface area contributed by atoms with Gasteiger partial charge in [0, 0.05) is 13.1 Å². The largest absolute Gasteiger partial charge is 0.316 e. The van der Waals surface area contributed by atoms with Gasteiger partial charge in [0.05, 0.1) is 6.17 Å². The van der Waals surface area contributed by atoms with Gasteiger partial charge in [-0.3, -0.25) is 0 Å². The quantitative estimate of drug-likeness (QED) is 0.287. The van der Waals surface area contributed by atoms with Crippen LogP contribution in [-0.2, 0) is 0 Å². The van der Waals surface area contributed by atoms with Crippen LogP contribution in [0.5, 0.6) is 0 Å². The molecule has 74 valence electrons. The van der Waals surface area contributed by atoms with Crippen molar-refractivity contribution in [2.24, 2.45) is 11.5 Å². The third-order valence-electron chi connectivity index (χ3n) is 1.56. The van der Waals surface area contributed by atoms with Crippen molar-refractivity contribution in [2.75, 3.05) is 26.2 Å². The van der Waals surface area contributed by atoms with Crippen molar-refractivity contribution in [2.45, 2.75) is 25.9 Å². The van der Waals surface area contributed by atoms with Crippen LogP contribution in [0.15, 0.2) is 0 Å². The van der Waals surface area contributed by atoms with E-state index in [2.05, 4.69) is 17.6 Å². The van der Waals surface area contributed by atoms with E-state index in [0.29, 0.717) is 0 Å². The first-order valence-electron chi connectivity index (χ1n) is 4.70. The summed E-state index contributed by atoms with van der Waals surface area (Å²) in [4.78, 5) is 0. The zero-order valence-corrected chi connectivity index (χ0v) is 7.97. The van der Waals surface area contributed by atoms with Crippen molar-refractivity contribution in [1.29, 1.82) is 0 Å². The average Bonchev–Trinajstić information content (AvgIpc) is 2.02. The summed E-state index contributed by atoms with van der Waals surface area (Å²) in [6.07, 6.45) is 1.85. The molecule has 0 aromatic rings. The number of hydrogen-bond donors (Lipinski definition) is 4. The second-order valence-corrected chi connectivity index (χ2v) is 2.95. The lowest BCUT2D eigenvalue weighted by molar-refractivity contribution is 0.555. The highest BCUT2D eigenvalue weighted by Crippen LogP contribution is 1.74. The van der Waals surface area contributed by atoms with Gasteiger partial charge in [0.1, 0.15) is 0 Å². The maximum absolute atomic E-state index is 5.38. The Hall–Kier alpha value is -0.160. The molecule has 0 aromatic carbocycles. The topological polar surface area (TPSA) is 76.1 Å². The second-order valence-electron chi connectivity index (χ2n) is 2.95. The minimum Gasteiger partial charge on any atom is -0.316 e. The van der Waals surface area contributed by atoms with Crippen molar-refractivity contribution in [1.82, 2.24) is 10.6 Å². The molecule has 0 saturated carbocycles. The lowest BCUT2D eigenvalue weighted by atomic mass is 10.3. The first-order valence-corrected chi connectivity index (χ1v) is 4.70. The average molecular weight is 174 g/mol. The fraction of sp³-hybridized carbons (Fsp3) is 1.00. The van der Waals surface area contributed by atoms with Crippen LogP contribution in [0.2, 0.25) is 0 Å². The molecule has 4 heteroatoms. The van der Waals surface area contributed by atoms with E-state index in [0.717, 1.165) is 32.6 Å². The van der Waals surface area contributed by atoms with Crippen LogP contribution in [0.1, 0.15) is 19.8 Å². The molecule has 0 aromatic heterocycles. The summed E-state index contributed by atoms with van der Waals surface area (Å²) >= 11 is 0. The van der Waals surface area contributed by atoms with Crippen molar-refractivity contribution in [3.05, 3.63) is 0 Å². The lowest BCUT2D eigenvalue weighted by Gasteiger charge is -2.07. The summed E-state index contributed by atoms with van der Waals surface area (Å²) in [6.45, 7) is 6.18. The van der Waals surface area contributed by atoms with Gasteiger partial charge in [0.2, 0.25) is 0 Å². The third-order valence-corrected chi connectivity index (χ3v) is 1.56. The Morgan fingerprint density at radius 2 is 1.58 bits per heavy atom. The van der Waals surface area contributed by atoms with Crippen molar-refractivity contribution in [3.63, 3.8) is 0 Å². The van der Waals surface area contributed by atoms with Gasteiger partial charge in [-0.2, -0.15) is 0 Å². The predicted molar refractivity (Wildman–Crippen MR) is 52.8 cm³/mol. The monoisotopic (exact) mass is 174 g/mol. The number of rotatable bonds is 8. The fourth-order valence-corrected chi connectivity index (χ4v) is 0.872. The predicted octanol–water partition coefficient (Wildman–Crippen LogP) is -0.791. The first kappa shape index (κ1) is 11.8. The van der Waals surface area contributed by atoms with Crippen LogP contribution in [0.4, 0.5) is 0 Å². The van der Waals surface area contributed by atoms with Crippen LogP contribution in [-0.4, -0.2) is 32.3 Å². The second kappa shape index (κ2) is 8.93. The van der Waals surface area contributed by atoms with E-state index in [1.165, 1.54) is 6.42 Å². The summed E-state index contributed by atoms with van der Waals surface area (Å²) in [7, 11) is 0. The van der Waals surface area contributed by atoms with Crippen LogP contribution >= 0.6 is 0 Å².